The predicted molar refractivity (Wildman–Crippen MR) is 72.7 cm³/mol. The van der Waals surface area contributed by atoms with E-state index in [2.05, 4.69) is 10.4 Å². The van der Waals surface area contributed by atoms with Gasteiger partial charge in [0.05, 0.1) is 11.5 Å². The van der Waals surface area contributed by atoms with E-state index in [1.807, 2.05) is 0 Å². The quantitative estimate of drug-likeness (QED) is 0.673. The molecule has 20 heavy (non-hydrogen) atoms. The molecule has 1 amide bonds. The Balaban J connectivity index is 2.05. The van der Waals surface area contributed by atoms with Crippen LogP contribution in [0.3, 0.4) is 0 Å². The maximum atomic E-state index is 11.9. The number of rotatable bonds is 5. The van der Waals surface area contributed by atoms with E-state index in [-0.39, 0.29) is 16.3 Å². The molecule has 0 bridgehead atoms. The smallest absolute Gasteiger partial charge is 0.282 e. The normalized spacial score (nSPS) is 10.2. The molecule has 1 aromatic carbocycles. The van der Waals surface area contributed by atoms with Gasteiger partial charge in [0.25, 0.3) is 11.6 Å². The minimum absolute atomic E-state index is 0.0528. The lowest BCUT2D eigenvalue weighted by atomic mass is 10.1. The Hall–Kier alpha value is -2.41. The third-order valence-electron chi connectivity index (χ3n) is 2.59. The number of nitrogens with one attached hydrogen (secondary N) is 1. The SMILES string of the molecule is O=C(NCCn1cccn1)c1cc(Cl)ccc1[N+](=O)[O-]. The van der Waals surface area contributed by atoms with Crippen LogP contribution in [0, 0.1) is 10.1 Å². The minimum Gasteiger partial charge on any atom is -0.350 e. The summed E-state index contributed by atoms with van der Waals surface area (Å²) in [5.41, 5.74) is -0.325. The average molecular weight is 295 g/mol. The zero-order valence-electron chi connectivity index (χ0n) is 10.3. The molecule has 0 aliphatic carbocycles. The molecule has 0 spiro atoms. The van der Waals surface area contributed by atoms with Gasteiger partial charge in [-0.1, -0.05) is 11.6 Å². The number of hydrogen-bond acceptors (Lipinski definition) is 4. The lowest BCUT2D eigenvalue weighted by Crippen LogP contribution is -2.28. The highest BCUT2D eigenvalue weighted by Gasteiger charge is 2.20. The van der Waals surface area contributed by atoms with Gasteiger partial charge in [-0.15, -0.1) is 0 Å². The van der Waals surface area contributed by atoms with Gasteiger partial charge in [-0.25, -0.2) is 0 Å². The molecule has 0 aliphatic rings. The van der Waals surface area contributed by atoms with E-state index in [0.29, 0.717) is 13.1 Å². The second-order valence-corrected chi connectivity index (χ2v) is 4.38. The maximum Gasteiger partial charge on any atom is 0.282 e. The number of amides is 1. The van der Waals surface area contributed by atoms with Crippen molar-refractivity contribution in [2.24, 2.45) is 0 Å². The second-order valence-electron chi connectivity index (χ2n) is 3.94. The van der Waals surface area contributed by atoms with Crippen LogP contribution in [0.5, 0.6) is 0 Å². The van der Waals surface area contributed by atoms with Crippen LogP contribution < -0.4 is 5.32 Å². The first-order valence-electron chi connectivity index (χ1n) is 5.77. The van der Waals surface area contributed by atoms with Crippen molar-refractivity contribution in [1.82, 2.24) is 15.1 Å². The summed E-state index contributed by atoms with van der Waals surface area (Å²) in [6.45, 7) is 0.789. The molecule has 1 aromatic heterocycles. The van der Waals surface area contributed by atoms with Gasteiger partial charge in [-0.2, -0.15) is 5.10 Å². The molecule has 1 heterocycles. The monoisotopic (exact) mass is 294 g/mol. The summed E-state index contributed by atoms with van der Waals surface area (Å²) in [6, 6.07) is 5.64. The Morgan fingerprint density at radius 3 is 2.95 bits per heavy atom. The topological polar surface area (TPSA) is 90.1 Å². The highest BCUT2D eigenvalue weighted by molar-refractivity contribution is 6.31. The summed E-state index contributed by atoms with van der Waals surface area (Å²) < 4.78 is 1.65. The summed E-state index contributed by atoms with van der Waals surface area (Å²) >= 11 is 5.76. The number of nitro groups is 1. The molecular weight excluding hydrogens is 284 g/mol. The van der Waals surface area contributed by atoms with Crippen LogP contribution in [-0.4, -0.2) is 27.2 Å². The van der Waals surface area contributed by atoms with Gasteiger partial charge in [0.2, 0.25) is 0 Å². The van der Waals surface area contributed by atoms with Crippen LogP contribution >= 0.6 is 11.6 Å². The van der Waals surface area contributed by atoms with Crippen molar-refractivity contribution in [1.29, 1.82) is 0 Å². The van der Waals surface area contributed by atoms with Crippen LogP contribution in [0.15, 0.2) is 36.7 Å². The Kier molecular flexibility index (Phi) is 4.31. The molecule has 2 rings (SSSR count). The number of carbonyl (C=O) groups excluding carboxylic acids is 1. The first-order chi connectivity index (χ1) is 9.58. The fourth-order valence-electron chi connectivity index (χ4n) is 1.66. The number of halogens is 1. The first kappa shape index (κ1) is 14.0. The van der Waals surface area contributed by atoms with E-state index in [4.69, 9.17) is 11.6 Å². The summed E-state index contributed by atoms with van der Waals surface area (Å²) in [4.78, 5) is 22.2. The number of nitro benzene ring substituents is 1. The van der Waals surface area contributed by atoms with Crippen LogP contribution in [0.25, 0.3) is 0 Å². The fourth-order valence-corrected chi connectivity index (χ4v) is 1.83. The van der Waals surface area contributed by atoms with Crippen molar-refractivity contribution < 1.29 is 9.72 Å². The molecule has 0 saturated heterocycles. The van der Waals surface area contributed by atoms with Crippen molar-refractivity contribution in [3.63, 3.8) is 0 Å². The summed E-state index contributed by atoms with van der Waals surface area (Å²) in [5.74, 6) is -0.536. The predicted octanol–water partition coefficient (Wildman–Crippen LogP) is 1.87. The van der Waals surface area contributed by atoms with Crippen LogP contribution in [0.1, 0.15) is 10.4 Å². The highest BCUT2D eigenvalue weighted by atomic mass is 35.5. The molecule has 0 saturated carbocycles. The Labute approximate surface area is 119 Å². The van der Waals surface area contributed by atoms with Crippen LogP contribution in [0.4, 0.5) is 5.69 Å². The molecule has 0 unspecified atom stereocenters. The van der Waals surface area contributed by atoms with Crippen LogP contribution in [0.2, 0.25) is 5.02 Å². The second kappa shape index (κ2) is 6.16. The van der Waals surface area contributed by atoms with Gasteiger partial charge in [0.1, 0.15) is 5.56 Å². The van der Waals surface area contributed by atoms with E-state index in [0.717, 1.165) is 0 Å². The minimum atomic E-state index is -0.612. The lowest BCUT2D eigenvalue weighted by Gasteiger charge is -2.06. The summed E-state index contributed by atoms with van der Waals surface area (Å²) in [7, 11) is 0. The maximum absolute atomic E-state index is 11.9. The molecule has 0 atom stereocenters. The van der Waals surface area contributed by atoms with Crippen molar-refractivity contribution in [3.8, 4) is 0 Å². The molecular formula is C12H11ClN4O3. The van der Waals surface area contributed by atoms with Crippen molar-refractivity contribution in [2.75, 3.05) is 6.54 Å². The molecule has 104 valence electrons. The number of benzene rings is 1. The zero-order chi connectivity index (χ0) is 14.5. The third kappa shape index (κ3) is 3.33. The van der Waals surface area contributed by atoms with Gasteiger partial charge < -0.3 is 5.32 Å². The van der Waals surface area contributed by atoms with Crippen LogP contribution in [-0.2, 0) is 6.54 Å². The number of aromatic nitrogens is 2. The highest BCUT2D eigenvalue weighted by Crippen LogP contribution is 2.22. The molecule has 0 radical (unpaired) electrons. The molecule has 2 aromatic rings. The van der Waals surface area contributed by atoms with E-state index in [1.54, 1.807) is 23.1 Å². The lowest BCUT2D eigenvalue weighted by molar-refractivity contribution is -0.385. The van der Waals surface area contributed by atoms with Gasteiger partial charge >= 0.3 is 0 Å². The zero-order valence-corrected chi connectivity index (χ0v) is 11.1. The Bertz CT molecular complexity index is 628. The van der Waals surface area contributed by atoms with E-state index in [1.165, 1.54) is 18.2 Å². The number of hydrogen-bond donors (Lipinski definition) is 1. The standard InChI is InChI=1S/C12H11ClN4O3/c13-9-2-3-11(17(19)20)10(8-9)12(18)14-5-7-16-6-1-4-15-16/h1-4,6,8H,5,7H2,(H,14,18). The molecule has 0 fully saturated rings. The Morgan fingerprint density at radius 1 is 1.50 bits per heavy atom. The fraction of sp³-hybridized carbons (Fsp3) is 0.167. The molecule has 1 N–H and O–H groups in total. The third-order valence-corrected chi connectivity index (χ3v) is 2.82. The number of nitrogens with zero attached hydrogens (tertiary/aromatic N) is 3. The van der Waals surface area contributed by atoms with Gasteiger partial charge in [0.15, 0.2) is 0 Å². The summed E-state index contributed by atoms with van der Waals surface area (Å²) in [5, 5.41) is 17.7. The van der Waals surface area contributed by atoms with E-state index < -0.39 is 10.8 Å². The molecule has 0 aliphatic heterocycles. The first-order valence-corrected chi connectivity index (χ1v) is 6.15. The Morgan fingerprint density at radius 2 is 2.30 bits per heavy atom. The van der Waals surface area contributed by atoms with Crippen molar-refractivity contribution >= 4 is 23.2 Å². The van der Waals surface area contributed by atoms with E-state index >= 15 is 0 Å². The summed E-state index contributed by atoms with van der Waals surface area (Å²) in [6.07, 6.45) is 3.39. The average Bonchev–Trinajstić information content (AvgIpc) is 2.91. The largest absolute Gasteiger partial charge is 0.350 e. The number of carbonyl (C=O) groups is 1. The van der Waals surface area contributed by atoms with Gasteiger partial charge in [0, 0.05) is 30.0 Å². The van der Waals surface area contributed by atoms with Gasteiger partial charge in [-0.3, -0.25) is 19.6 Å². The van der Waals surface area contributed by atoms with Gasteiger partial charge in [-0.05, 0) is 18.2 Å². The van der Waals surface area contributed by atoms with E-state index in [9.17, 15) is 14.9 Å². The van der Waals surface area contributed by atoms with Crippen molar-refractivity contribution in [2.45, 2.75) is 6.54 Å². The molecule has 7 nitrogen and oxygen atoms in total. The van der Waals surface area contributed by atoms with Crippen molar-refractivity contribution in [3.05, 3.63) is 57.4 Å². The molecule has 8 heteroatoms.